The van der Waals surface area contributed by atoms with E-state index in [0.29, 0.717) is 6.42 Å². The quantitative estimate of drug-likeness (QED) is 0.451. The van der Waals surface area contributed by atoms with Crippen molar-refractivity contribution in [2.24, 2.45) is 0 Å². The molecule has 0 saturated heterocycles. The summed E-state index contributed by atoms with van der Waals surface area (Å²) in [6.07, 6.45) is 1.54. The molecule has 0 radical (unpaired) electrons. The predicted octanol–water partition coefficient (Wildman–Crippen LogP) is 2.28. The van der Waals surface area contributed by atoms with Crippen molar-refractivity contribution in [1.82, 2.24) is 10.3 Å². The molecule has 2 rings (SSSR count). The third-order valence-electron chi connectivity index (χ3n) is 4.15. The molecule has 0 spiro atoms. The van der Waals surface area contributed by atoms with Crippen molar-refractivity contribution < 1.29 is 33.3 Å². The van der Waals surface area contributed by atoms with Crippen LogP contribution < -0.4 is 14.8 Å². The van der Waals surface area contributed by atoms with Crippen molar-refractivity contribution in [3.8, 4) is 11.5 Å². The number of carbonyl (C=O) groups excluding carboxylic acids is 3. The number of esters is 2. The van der Waals surface area contributed by atoms with Crippen molar-refractivity contribution in [3.05, 3.63) is 53.9 Å². The minimum Gasteiger partial charge on any atom is -0.493 e. The molecule has 0 aliphatic heterocycles. The second-order valence-corrected chi connectivity index (χ2v) is 6.72. The van der Waals surface area contributed by atoms with Gasteiger partial charge in [-0.2, -0.15) is 0 Å². The number of benzene rings is 1. The van der Waals surface area contributed by atoms with Gasteiger partial charge < -0.3 is 24.3 Å². The molecule has 166 valence electrons. The molecule has 1 heterocycles. The summed E-state index contributed by atoms with van der Waals surface area (Å²) in [7, 11) is 1.39. The first-order valence-corrected chi connectivity index (χ1v) is 9.66. The number of nitrogens with one attached hydrogen (secondary N) is 1. The Balaban J connectivity index is 2.01. The average Bonchev–Trinajstić information content (AvgIpc) is 2.73. The van der Waals surface area contributed by atoms with Gasteiger partial charge in [0.15, 0.2) is 17.2 Å². The smallest absolute Gasteiger partial charge is 0.328 e. The molecule has 1 unspecified atom stereocenters. The maximum Gasteiger partial charge on any atom is 0.328 e. The van der Waals surface area contributed by atoms with Gasteiger partial charge in [0.05, 0.1) is 7.11 Å². The van der Waals surface area contributed by atoms with Gasteiger partial charge in [-0.25, -0.2) is 9.78 Å². The van der Waals surface area contributed by atoms with E-state index in [4.69, 9.17) is 18.9 Å². The van der Waals surface area contributed by atoms with Crippen LogP contribution in [0.15, 0.2) is 42.6 Å². The van der Waals surface area contributed by atoms with Gasteiger partial charge in [0, 0.05) is 25.6 Å². The lowest BCUT2D eigenvalue weighted by molar-refractivity contribution is -0.150. The Morgan fingerprint density at radius 3 is 2.45 bits per heavy atom. The number of hydrogen-bond acceptors (Lipinski definition) is 8. The Kier molecular flexibility index (Phi) is 8.80. The number of amides is 1. The minimum atomic E-state index is -0.931. The van der Waals surface area contributed by atoms with E-state index >= 15 is 0 Å². The van der Waals surface area contributed by atoms with E-state index in [1.807, 2.05) is 30.3 Å². The van der Waals surface area contributed by atoms with E-state index in [2.05, 4.69) is 10.3 Å². The van der Waals surface area contributed by atoms with E-state index in [1.165, 1.54) is 33.2 Å². The molecule has 1 amide bonds. The largest absolute Gasteiger partial charge is 0.493 e. The van der Waals surface area contributed by atoms with E-state index in [0.717, 1.165) is 5.56 Å². The highest BCUT2D eigenvalue weighted by Crippen LogP contribution is 2.29. The number of nitrogens with zero attached hydrogens (tertiary/aromatic N) is 1. The Labute approximate surface area is 180 Å². The molecule has 9 heteroatoms. The van der Waals surface area contributed by atoms with E-state index in [1.54, 1.807) is 6.92 Å². The fourth-order valence-corrected chi connectivity index (χ4v) is 2.68. The minimum absolute atomic E-state index is 0.0123. The van der Waals surface area contributed by atoms with Gasteiger partial charge in [0.1, 0.15) is 12.1 Å². The highest BCUT2D eigenvalue weighted by molar-refractivity contribution is 5.98. The molecule has 1 N–H and O–H groups in total. The van der Waals surface area contributed by atoms with Crippen molar-refractivity contribution in [3.63, 3.8) is 0 Å². The van der Waals surface area contributed by atoms with Crippen LogP contribution in [-0.2, 0) is 25.5 Å². The van der Waals surface area contributed by atoms with E-state index < -0.39 is 30.7 Å². The molecule has 0 bridgehead atoms. The monoisotopic (exact) mass is 430 g/mol. The first kappa shape index (κ1) is 23.7. The summed E-state index contributed by atoms with van der Waals surface area (Å²) in [4.78, 5) is 40.0. The van der Waals surface area contributed by atoms with Gasteiger partial charge in [-0.3, -0.25) is 9.59 Å². The zero-order chi connectivity index (χ0) is 22.8. The summed E-state index contributed by atoms with van der Waals surface area (Å²) in [6.45, 7) is 4.09. The molecule has 1 aromatic carbocycles. The Bertz CT molecular complexity index is 902. The van der Waals surface area contributed by atoms with Crippen LogP contribution in [-0.4, -0.2) is 48.9 Å². The van der Waals surface area contributed by atoms with Crippen LogP contribution in [0, 0.1) is 0 Å². The van der Waals surface area contributed by atoms with Crippen molar-refractivity contribution in [2.75, 3.05) is 13.9 Å². The fourth-order valence-electron chi connectivity index (χ4n) is 2.68. The van der Waals surface area contributed by atoms with Crippen molar-refractivity contribution >= 4 is 17.8 Å². The maximum atomic E-state index is 12.7. The van der Waals surface area contributed by atoms with Crippen LogP contribution in [0.3, 0.4) is 0 Å². The second-order valence-electron chi connectivity index (χ2n) is 6.72. The molecule has 0 aliphatic carbocycles. The molecule has 1 aromatic heterocycles. The molecule has 9 nitrogen and oxygen atoms in total. The number of carbonyl (C=O) groups is 3. The van der Waals surface area contributed by atoms with E-state index in [9.17, 15) is 14.4 Å². The normalized spacial score (nSPS) is 12.3. The van der Waals surface area contributed by atoms with Crippen molar-refractivity contribution in [2.45, 2.75) is 39.3 Å². The Hall–Kier alpha value is -3.62. The molecular formula is C22H26N2O7. The third-order valence-corrected chi connectivity index (χ3v) is 4.15. The maximum absolute atomic E-state index is 12.7. The molecule has 31 heavy (non-hydrogen) atoms. The third kappa shape index (κ3) is 7.29. The summed E-state index contributed by atoms with van der Waals surface area (Å²) in [6, 6.07) is 10.2. The van der Waals surface area contributed by atoms with E-state index in [-0.39, 0.29) is 23.3 Å². The summed E-state index contributed by atoms with van der Waals surface area (Å²) < 4.78 is 20.7. The van der Waals surface area contributed by atoms with Crippen LogP contribution in [0.25, 0.3) is 0 Å². The topological polar surface area (TPSA) is 113 Å². The average molecular weight is 430 g/mol. The van der Waals surface area contributed by atoms with Crippen molar-refractivity contribution in [1.29, 1.82) is 0 Å². The van der Waals surface area contributed by atoms with Gasteiger partial charge in [-0.1, -0.05) is 30.3 Å². The SMILES string of the molecule is COc1ccnc(C(=O)N[C@@H](C)C(=O)OC(C)Cc2ccccc2)c1OCOC(C)=O. The summed E-state index contributed by atoms with van der Waals surface area (Å²) in [5.41, 5.74) is 0.915. The number of hydrogen-bond donors (Lipinski definition) is 1. The van der Waals surface area contributed by atoms with Gasteiger partial charge in [-0.15, -0.1) is 0 Å². The first-order chi connectivity index (χ1) is 14.8. The summed E-state index contributed by atoms with van der Waals surface area (Å²) in [5.74, 6) is -1.59. The number of ether oxygens (including phenoxy) is 4. The second kappa shape index (κ2) is 11.5. The summed E-state index contributed by atoms with van der Waals surface area (Å²) in [5, 5.41) is 2.54. The van der Waals surface area contributed by atoms with Crippen LogP contribution in [0.4, 0.5) is 0 Å². The lowest BCUT2D eigenvalue weighted by Crippen LogP contribution is -2.41. The zero-order valence-corrected chi connectivity index (χ0v) is 17.9. The van der Waals surface area contributed by atoms with Crippen LogP contribution in [0.5, 0.6) is 11.5 Å². The predicted molar refractivity (Wildman–Crippen MR) is 111 cm³/mol. The first-order valence-electron chi connectivity index (χ1n) is 9.66. The molecular weight excluding hydrogens is 404 g/mol. The van der Waals surface area contributed by atoms with Gasteiger partial charge in [0.25, 0.3) is 5.91 Å². The number of methoxy groups -OCH3 is 1. The molecule has 2 atom stereocenters. The lowest BCUT2D eigenvalue weighted by atomic mass is 10.1. The Morgan fingerprint density at radius 1 is 1.10 bits per heavy atom. The molecule has 0 fully saturated rings. The van der Waals surface area contributed by atoms with Gasteiger partial charge in [0.2, 0.25) is 6.79 Å². The highest BCUT2D eigenvalue weighted by atomic mass is 16.7. The van der Waals surface area contributed by atoms with Crippen LogP contribution in [0.2, 0.25) is 0 Å². The number of pyridine rings is 1. The molecule has 0 saturated carbocycles. The molecule has 2 aromatic rings. The fraction of sp³-hybridized carbons (Fsp3) is 0.364. The standard InChI is InChI=1S/C22H26N2O7/c1-14(12-17-8-6-5-7-9-17)31-22(27)15(2)24-21(26)19-20(30-13-29-16(3)25)18(28-4)10-11-23-19/h5-11,14-15H,12-13H2,1-4H3,(H,24,26)/t14?,15-/m0/s1. The number of rotatable bonds is 10. The lowest BCUT2D eigenvalue weighted by Gasteiger charge is -2.19. The van der Waals surface area contributed by atoms with Crippen LogP contribution in [0.1, 0.15) is 36.8 Å². The van der Waals surface area contributed by atoms with Gasteiger partial charge >= 0.3 is 11.9 Å². The number of aromatic nitrogens is 1. The zero-order valence-electron chi connectivity index (χ0n) is 17.9. The highest BCUT2D eigenvalue weighted by Gasteiger charge is 2.25. The van der Waals surface area contributed by atoms with Crippen LogP contribution >= 0.6 is 0 Å². The summed E-state index contributed by atoms with van der Waals surface area (Å²) >= 11 is 0. The van der Waals surface area contributed by atoms with Gasteiger partial charge in [-0.05, 0) is 19.4 Å². The Morgan fingerprint density at radius 2 is 1.81 bits per heavy atom. The molecule has 0 aliphatic rings.